The molecule has 0 saturated heterocycles. The molecule has 4 rings (SSSR count). The Morgan fingerprint density at radius 1 is 1.04 bits per heavy atom. The Morgan fingerprint density at radius 2 is 1.82 bits per heavy atom. The van der Waals surface area contributed by atoms with Crippen LogP contribution in [0.4, 0.5) is 0 Å². The largest absolute Gasteiger partial charge is 0.457 e. The van der Waals surface area contributed by atoms with E-state index in [1.165, 1.54) is 11.3 Å². The summed E-state index contributed by atoms with van der Waals surface area (Å²) in [5.41, 5.74) is 2.99. The Hall–Kier alpha value is -2.84. The van der Waals surface area contributed by atoms with Gasteiger partial charge in [0.25, 0.3) is 0 Å². The van der Waals surface area contributed by atoms with Crippen molar-refractivity contribution in [1.29, 1.82) is 5.26 Å². The number of nitriles is 1. The van der Waals surface area contributed by atoms with Gasteiger partial charge >= 0.3 is 0 Å². The van der Waals surface area contributed by atoms with Gasteiger partial charge in [0.1, 0.15) is 22.6 Å². The van der Waals surface area contributed by atoms with Crippen LogP contribution in [-0.4, -0.2) is 4.98 Å². The summed E-state index contributed by atoms with van der Waals surface area (Å²) < 4.78 is 5.86. The highest BCUT2D eigenvalue weighted by molar-refractivity contribution is 7.11. The lowest BCUT2D eigenvalue weighted by Gasteiger charge is -1.99. The molecule has 0 aliphatic carbocycles. The van der Waals surface area contributed by atoms with Crippen LogP contribution in [0.2, 0.25) is 10.0 Å². The molecule has 0 amide bonds. The first-order valence-corrected chi connectivity index (χ1v) is 9.96. The van der Waals surface area contributed by atoms with Crippen molar-refractivity contribution in [3.8, 4) is 28.7 Å². The van der Waals surface area contributed by atoms with E-state index in [0.29, 0.717) is 32.1 Å². The summed E-state index contributed by atoms with van der Waals surface area (Å²) in [6, 6.07) is 20.7. The number of thiazole rings is 1. The van der Waals surface area contributed by atoms with Gasteiger partial charge in [-0.05, 0) is 36.4 Å². The lowest BCUT2D eigenvalue weighted by atomic mass is 10.2. The van der Waals surface area contributed by atoms with Crippen molar-refractivity contribution in [2.75, 3.05) is 0 Å². The number of hydrogen-bond donors (Lipinski definition) is 0. The lowest BCUT2D eigenvalue weighted by molar-refractivity contribution is 0.572. The molecule has 0 radical (unpaired) electrons. The van der Waals surface area contributed by atoms with E-state index in [1.807, 2.05) is 66.0 Å². The van der Waals surface area contributed by atoms with Crippen molar-refractivity contribution in [3.05, 3.63) is 86.9 Å². The summed E-state index contributed by atoms with van der Waals surface area (Å²) in [6.45, 7) is 0. The molecule has 0 atom stereocenters. The maximum atomic E-state index is 9.59. The molecule has 4 aromatic rings. The first kappa shape index (κ1) is 18.5. The monoisotopic (exact) mass is 422 g/mol. The topological polar surface area (TPSA) is 49.8 Å². The third-order valence-electron chi connectivity index (χ3n) is 4.05. The van der Waals surface area contributed by atoms with Crippen molar-refractivity contribution in [2.24, 2.45) is 0 Å². The third-order valence-corrected chi connectivity index (χ3v) is 5.50. The summed E-state index contributed by atoms with van der Waals surface area (Å²) in [6.07, 6.45) is 1.69. The standard InChI is InChI=1S/C22H12Cl2N2OS/c23-16-7-5-14(6-8-16)20-13-28-22(26-20)15(12-25)11-17-9-10-21(27-17)18-3-1-2-4-19(18)24/h1-11,13H. The highest BCUT2D eigenvalue weighted by Crippen LogP contribution is 2.31. The van der Waals surface area contributed by atoms with Crippen LogP contribution in [0.25, 0.3) is 34.2 Å². The van der Waals surface area contributed by atoms with Crippen LogP contribution in [0.15, 0.2) is 70.5 Å². The average molecular weight is 423 g/mol. The zero-order chi connectivity index (χ0) is 19.5. The van der Waals surface area contributed by atoms with Crippen LogP contribution in [0, 0.1) is 11.3 Å². The van der Waals surface area contributed by atoms with Gasteiger partial charge in [0.15, 0.2) is 0 Å². The number of rotatable bonds is 4. The highest BCUT2D eigenvalue weighted by Gasteiger charge is 2.12. The van der Waals surface area contributed by atoms with Crippen molar-refractivity contribution in [1.82, 2.24) is 4.98 Å². The van der Waals surface area contributed by atoms with Crippen LogP contribution in [0.1, 0.15) is 10.8 Å². The number of aromatic nitrogens is 1. The van der Waals surface area contributed by atoms with Gasteiger partial charge in [-0.25, -0.2) is 4.98 Å². The molecule has 0 N–H and O–H groups in total. The molecule has 6 heteroatoms. The second-order valence-electron chi connectivity index (χ2n) is 5.90. The summed E-state index contributed by atoms with van der Waals surface area (Å²) in [7, 11) is 0. The molecule has 0 aliphatic heterocycles. The second kappa shape index (κ2) is 8.04. The fraction of sp³-hybridized carbons (Fsp3) is 0. The molecule has 0 fully saturated rings. The molecule has 3 nitrogen and oxygen atoms in total. The first-order chi connectivity index (χ1) is 13.6. The van der Waals surface area contributed by atoms with Gasteiger partial charge in [-0.3, -0.25) is 0 Å². The van der Waals surface area contributed by atoms with Gasteiger partial charge in [0, 0.05) is 27.6 Å². The highest BCUT2D eigenvalue weighted by atomic mass is 35.5. The van der Waals surface area contributed by atoms with Crippen molar-refractivity contribution in [3.63, 3.8) is 0 Å². The van der Waals surface area contributed by atoms with E-state index in [0.717, 1.165) is 16.8 Å². The van der Waals surface area contributed by atoms with E-state index >= 15 is 0 Å². The molecule has 2 heterocycles. The normalized spacial score (nSPS) is 11.4. The van der Waals surface area contributed by atoms with Crippen LogP contribution in [0.5, 0.6) is 0 Å². The van der Waals surface area contributed by atoms with Crippen molar-refractivity contribution < 1.29 is 4.42 Å². The van der Waals surface area contributed by atoms with Crippen molar-refractivity contribution >= 4 is 46.2 Å². The molecule has 28 heavy (non-hydrogen) atoms. The molecule has 0 spiro atoms. The van der Waals surface area contributed by atoms with E-state index in [1.54, 1.807) is 6.08 Å². The average Bonchev–Trinajstić information content (AvgIpc) is 3.37. The molecular weight excluding hydrogens is 411 g/mol. The number of allylic oxidation sites excluding steroid dienone is 1. The number of furan rings is 1. The van der Waals surface area contributed by atoms with Crippen LogP contribution < -0.4 is 0 Å². The van der Waals surface area contributed by atoms with Crippen LogP contribution >= 0.6 is 34.5 Å². The van der Waals surface area contributed by atoms with E-state index in [9.17, 15) is 5.26 Å². The Balaban J connectivity index is 1.63. The molecular formula is C22H12Cl2N2OS. The molecule has 2 aromatic carbocycles. The minimum absolute atomic E-state index is 0.435. The smallest absolute Gasteiger partial charge is 0.136 e. The summed E-state index contributed by atoms with van der Waals surface area (Å²) in [4.78, 5) is 4.58. The van der Waals surface area contributed by atoms with E-state index in [2.05, 4.69) is 11.1 Å². The zero-order valence-corrected chi connectivity index (χ0v) is 16.7. The third kappa shape index (κ3) is 3.88. The molecule has 0 aliphatic rings. The summed E-state index contributed by atoms with van der Waals surface area (Å²) >= 11 is 13.6. The first-order valence-electron chi connectivity index (χ1n) is 8.32. The van der Waals surface area contributed by atoms with E-state index in [4.69, 9.17) is 27.6 Å². The molecule has 0 saturated carbocycles. The fourth-order valence-electron chi connectivity index (χ4n) is 2.67. The molecule has 136 valence electrons. The minimum atomic E-state index is 0.435. The van der Waals surface area contributed by atoms with Crippen LogP contribution in [-0.2, 0) is 0 Å². The van der Waals surface area contributed by atoms with Crippen LogP contribution in [0.3, 0.4) is 0 Å². The fourth-order valence-corrected chi connectivity index (χ4v) is 3.82. The molecule has 0 unspecified atom stereocenters. The van der Waals surface area contributed by atoms with Gasteiger partial charge in [0.2, 0.25) is 0 Å². The Labute approximate surface area is 176 Å². The molecule has 2 aromatic heterocycles. The number of nitrogens with zero attached hydrogens (tertiary/aromatic N) is 2. The van der Waals surface area contributed by atoms with Gasteiger partial charge in [-0.15, -0.1) is 11.3 Å². The van der Waals surface area contributed by atoms with Gasteiger partial charge < -0.3 is 4.42 Å². The minimum Gasteiger partial charge on any atom is -0.457 e. The van der Waals surface area contributed by atoms with E-state index in [-0.39, 0.29) is 0 Å². The zero-order valence-electron chi connectivity index (χ0n) is 14.4. The lowest BCUT2D eigenvalue weighted by Crippen LogP contribution is -1.82. The molecule has 0 bridgehead atoms. The number of halogens is 2. The van der Waals surface area contributed by atoms with E-state index < -0.39 is 0 Å². The maximum Gasteiger partial charge on any atom is 0.136 e. The summed E-state index contributed by atoms with van der Waals surface area (Å²) in [5.74, 6) is 1.21. The van der Waals surface area contributed by atoms with Crippen molar-refractivity contribution in [2.45, 2.75) is 0 Å². The predicted molar refractivity (Wildman–Crippen MR) is 115 cm³/mol. The van der Waals surface area contributed by atoms with Gasteiger partial charge in [-0.2, -0.15) is 5.26 Å². The SMILES string of the molecule is N#CC(=Cc1ccc(-c2ccccc2Cl)o1)c1nc(-c2ccc(Cl)cc2)cs1. The number of benzene rings is 2. The quantitative estimate of drug-likeness (QED) is 0.321. The predicted octanol–water partition coefficient (Wildman–Crippen LogP) is 7.44. The maximum absolute atomic E-state index is 9.59. The Bertz CT molecular complexity index is 1200. The summed E-state index contributed by atoms with van der Waals surface area (Å²) in [5, 5.41) is 13.4. The van der Waals surface area contributed by atoms with Gasteiger partial charge in [0.05, 0.1) is 16.3 Å². The van der Waals surface area contributed by atoms with Gasteiger partial charge in [-0.1, -0.05) is 47.5 Å². The second-order valence-corrected chi connectivity index (χ2v) is 7.60. The number of hydrogen-bond acceptors (Lipinski definition) is 4. The Kier molecular flexibility index (Phi) is 5.31. The Morgan fingerprint density at radius 3 is 2.57 bits per heavy atom.